The maximum atomic E-state index is 12.4. The van der Waals surface area contributed by atoms with Gasteiger partial charge in [-0.25, -0.2) is 14.5 Å². The summed E-state index contributed by atoms with van der Waals surface area (Å²) in [5.74, 6) is -1.13. The number of aromatic nitrogens is 4. The number of carbonyl (C=O) groups is 1. The van der Waals surface area contributed by atoms with Gasteiger partial charge in [0, 0.05) is 12.3 Å². The van der Waals surface area contributed by atoms with Gasteiger partial charge >= 0.3 is 5.97 Å². The van der Waals surface area contributed by atoms with Crippen molar-refractivity contribution in [3.63, 3.8) is 0 Å². The Kier molecular flexibility index (Phi) is 5.01. The van der Waals surface area contributed by atoms with Gasteiger partial charge in [0.2, 0.25) is 5.69 Å². The molecule has 0 unspecified atom stereocenters. The van der Waals surface area contributed by atoms with Crippen LogP contribution in [0.5, 0.6) is 5.75 Å². The van der Waals surface area contributed by atoms with E-state index in [2.05, 4.69) is 10.1 Å². The number of esters is 1. The Labute approximate surface area is 175 Å². The second-order valence-electron chi connectivity index (χ2n) is 6.76. The van der Waals surface area contributed by atoms with E-state index in [9.17, 15) is 14.7 Å². The number of benzene rings is 1. The molecule has 1 aromatic carbocycles. The zero-order valence-corrected chi connectivity index (χ0v) is 16.9. The predicted octanol–water partition coefficient (Wildman–Crippen LogP) is 3.21. The molecular weight excluding hydrogens is 408 g/mol. The molecule has 0 atom stereocenters. The Morgan fingerprint density at radius 1 is 1.20 bits per heavy atom. The molecular formula is C21H17ClN4O4. The Balaban J connectivity index is 1.56. The van der Waals surface area contributed by atoms with Gasteiger partial charge in [-0.3, -0.25) is 9.20 Å². The van der Waals surface area contributed by atoms with Crippen molar-refractivity contribution in [2.24, 2.45) is 0 Å². The fourth-order valence-corrected chi connectivity index (χ4v) is 3.19. The number of aryl methyl sites for hydroxylation is 1. The Morgan fingerprint density at radius 3 is 2.80 bits per heavy atom. The Morgan fingerprint density at radius 2 is 2.00 bits per heavy atom. The normalized spacial score (nSPS) is 11.0. The van der Waals surface area contributed by atoms with Crippen LogP contribution in [0.25, 0.3) is 11.3 Å². The molecule has 0 amide bonds. The van der Waals surface area contributed by atoms with Crippen molar-refractivity contribution in [1.82, 2.24) is 19.2 Å². The quantitative estimate of drug-likeness (QED) is 0.505. The lowest BCUT2D eigenvalue weighted by atomic mass is 10.1. The van der Waals surface area contributed by atoms with Crippen molar-refractivity contribution in [1.29, 1.82) is 0 Å². The van der Waals surface area contributed by atoms with Crippen molar-refractivity contribution in [3.8, 4) is 11.4 Å². The second-order valence-corrected chi connectivity index (χ2v) is 7.20. The number of hydrogen-bond donors (Lipinski definition) is 1. The van der Waals surface area contributed by atoms with Crippen LogP contribution in [-0.4, -0.2) is 30.2 Å². The maximum absolute atomic E-state index is 12.4. The van der Waals surface area contributed by atoms with Crippen LogP contribution in [0.4, 0.5) is 0 Å². The van der Waals surface area contributed by atoms with E-state index in [1.165, 1.54) is 27.5 Å². The molecule has 3 heterocycles. The summed E-state index contributed by atoms with van der Waals surface area (Å²) >= 11 is 5.89. The molecule has 0 aliphatic carbocycles. The highest BCUT2D eigenvalue weighted by Gasteiger charge is 2.20. The van der Waals surface area contributed by atoms with Gasteiger partial charge < -0.3 is 9.84 Å². The van der Waals surface area contributed by atoms with Gasteiger partial charge in [0.1, 0.15) is 12.3 Å². The van der Waals surface area contributed by atoms with Crippen LogP contribution in [0, 0.1) is 13.8 Å². The fourth-order valence-electron chi connectivity index (χ4n) is 3.03. The van der Waals surface area contributed by atoms with E-state index < -0.39 is 5.97 Å². The number of rotatable bonds is 4. The lowest BCUT2D eigenvalue weighted by Crippen LogP contribution is -2.16. The molecule has 0 aliphatic rings. The molecule has 4 aromatic rings. The van der Waals surface area contributed by atoms with E-state index in [1.807, 2.05) is 32.0 Å². The highest BCUT2D eigenvalue weighted by molar-refractivity contribution is 6.30. The molecule has 0 saturated heterocycles. The van der Waals surface area contributed by atoms with Crippen LogP contribution in [0.1, 0.15) is 27.3 Å². The zero-order chi connectivity index (χ0) is 21.4. The predicted molar refractivity (Wildman–Crippen MR) is 110 cm³/mol. The summed E-state index contributed by atoms with van der Waals surface area (Å²) in [6.45, 7) is 3.64. The lowest BCUT2D eigenvalue weighted by molar-refractivity contribution is 0.0457. The molecule has 0 aliphatic heterocycles. The zero-order valence-electron chi connectivity index (χ0n) is 16.2. The first kappa shape index (κ1) is 19.7. The average Bonchev–Trinajstić information content (AvgIpc) is 3.10. The first-order valence-electron chi connectivity index (χ1n) is 9.03. The number of hydrogen-bond acceptors (Lipinski definition) is 6. The number of fused-ring (bicyclic) bond motifs is 1. The summed E-state index contributed by atoms with van der Waals surface area (Å²) in [5, 5.41) is 14.7. The molecule has 0 fully saturated rings. The highest BCUT2D eigenvalue weighted by Crippen LogP contribution is 2.22. The fraction of sp³-hybridized carbons (Fsp3) is 0.143. The summed E-state index contributed by atoms with van der Waals surface area (Å²) in [4.78, 5) is 28.9. The molecule has 8 nitrogen and oxygen atoms in total. The van der Waals surface area contributed by atoms with Crippen molar-refractivity contribution in [2.45, 2.75) is 20.5 Å². The second kappa shape index (κ2) is 7.64. The van der Waals surface area contributed by atoms with Gasteiger partial charge in [0.05, 0.1) is 22.6 Å². The lowest BCUT2D eigenvalue weighted by Gasteiger charge is -2.08. The number of nitrogens with zero attached hydrogens (tertiary/aromatic N) is 4. The maximum Gasteiger partial charge on any atom is 0.363 e. The topological polar surface area (TPSA) is 98.7 Å². The van der Waals surface area contributed by atoms with Crippen LogP contribution in [0.2, 0.25) is 5.02 Å². The first-order chi connectivity index (χ1) is 14.3. The minimum atomic E-state index is -0.824. The number of pyridine rings is 1. The third kappa shape index (κ3) is 3.65. The smallest absolute Gasteiger partial charge is 0.363 e. The number of carbonyl (C=O) groups excluding carboxylic acids is 1. The van der Waals surface area contributed by atoms with Crippen molar-refractivity contribution in [2.75, 3.05) is 0 Å². The first-order valence-corrected chi connectivity index (χ1v) is 9.41. The van der Waals surface area contributed by atoms with Crippen LogP contribution in [0.3, 0.4) is 0 Å². The van der Waals surface area contributed by atoms with Crippen LogP contribution < -0.4 is 5.56 Å². The Bertz CT molecular complexity index is 1340. The molecule has 0 saturated carbocycles. The minimum absolute atomic E-state index is 0.222. The van der Waals surface area contributed by atoms with Gasteiger partial charge in [-0.15, -0.1) is 0 Å². The molecule has 4 rings (SSSR count). The van der Waals surface area contributed by atoms with Crippen molar-refractivity contribution < 1.29 is 14.6 Å². The van der Waals surface area contributed by atoms with Crippen LogP contribution >= 0.6 is 11.6 Å². The molecule has 152 valence electrons. The van der Waals surface area contributed by atoms with Crippen LogP contribution in [0.15, 0.2) is 53.6 Å². The molecule has 30 heavy (non-hydrogen) atoms. The standard InChI is InChI=1S/C21H17ClN4O4/c1-12-4-3-5-16(13(12)2)26-10-17(27)20(24-26)21(29)30-11-15-8-19(28)25-9-14(22)6-7-18(25)23-15/h3-10,27H,11H2,1-2H3. The third-order valence-electron chi connectivity index (χ3n) is 4.74. The number of ether oxygens (including phenoxy) is 1. The van der Waals surface area contributed by atoms with Gasteiger partial charge in [-0.2, -0.15) is 5.10 Å². The monoisotopic (exact) mass is 424 g/mol. The van der Waals surface area contributed by atoms with E-state index >= 15 is 0 Å². The molecule has 0 bridgehead atoms. The van der Waals surface area contributed by atoms with E-state index in [0.29, 0.717) is 10.7 Å². The highest BCUT2D eigenvalue weighted by atomic mass is 35.5. The van der Waals surface area contributed by atoms with E-state index in [4.69, 9.17) is 16.3 Å². The van der Waals surface area contributed by atoms with Crippen LogP contribution in [-0.2, 0) is 11.3 Å². The van der Waals surface area contributed by atoms with Crippen molar-refractivity contribution >= 4 is 23.2 Å². The summed E-state index contributed by atoms with van der Waals surface area (Å²) < 4.78 is 7.94. The van der Waals surface area contributed by atoms with E-state index in [1.54, 1.807) is 12.1 Å². The van der Waals surface area contributed by atoms with Gasteiger partial charge in [-0.05, 0) is 43.2 Å². The van der Waals surface area contributed by atoms with E-state index in [-0.39, 0.29) is 29.3 Å². The SMILES string of the molecule is Cc1cccc(-n2cc(O)c(C(=O)OCc3cc(=O)n4cc(Cl)ccc4n3)n2)c1C. The van der Waals surface area contributed by atoms with E-state index in [0.717, 1.165) is 16.8 Å². The summed E-state index contributed by atoms with van der Waals surface area (Å²) in [5.41, 5.74) is 2.84. The summed E-state index contributed by atoms with van der Waals surface area (Å²) in [7, 11) is 0. The van der Waals surface area contributed by atoms with Gasteiger partial charge in [0.15, 0.2) is 5.75 Å². The number of aromatic hydroxyl groups is 1. The molecule has 0 spiro atoms. The molecule has 1 N–H and O–H groups in total. The molecule has 0 radical (unpaired) electrons. The molecule has 9 heteroatoms. The third-order valence-corrected chi connectivity index (χ3v) is 4.96. The Hall–Kier alpha value is -3.65. The summed E-state index contributed by atoms with van der Waals surface area (Å²) in [6.07, 6.45) is 2.81. The largest absolute Gasteiger partial charge is 0.504 e. The van der Waals surface area contributed by atoms with Crippen molar-refractivity contribution in [3.05, 3.63) is 86.7 Å². The average molecular weight is 425 g/mol. The van der Waals surface area contributed by atoms with Gasteiger partial charge in [-0.1, -0.05) is 23.7 Å². The summed E-state index contributed by atoms with van der Waals surface area (Å²) in [6, 6.07) is 10.1. The molecule has 3 aromatic heterocycles. The minimum Gasteiger partial charge on any atom is -0.504 e. The number of halogens is 1. The van der Waals surface area contributed by atoms with Gasteiger partial charge in [0.25, 0.3) is 5.56 Å².